The maximum Gasteiger partial charge on any atom is 0.350 e. The largest absolute Gasteiger partial charge is 0.465 e. The highest BCUT2D eigenvalue weighted by Gasteiger charge is 2.15. The van der Waals surface area contributed by atoms with E-state index in [1.807, 2.05) is 18.2 Å². The molecule has 0 atom stereocenters. The maximum atomic E-state index is 11.9. The summed E-state index contributed by atoms with van der Waals surface area (Å²) in [5.41, 5.74) is 1.36. The summed E-state index contributed by atoms with van der Waals surface area (Å²) >= 11 is 1.24. The zero-order valence-electron chi connectivity index (χ0n) is 11.0. The number of carbonyl (C=O) groups excluding carboxylic acids is 2. The minimum atomic E-state index is -0.444. The number of carbonyl (C=O) groups is 2. The topological polar surface area (TPSA) is 68.3 Å². The second-order valence-corrected chi connectivity index (χ2v) is 4.94. The molecular weight excluding hydrogens is 276 g/mol. The van der Waals surface area contributed by atoms with E-state index < -0.39 is 5.97 Å². The summed E-state index contributed by atoms with van der Waals surface area (Å²) in [5, 5.41) is 4.46. The van der Waals surface area contributed by atoms with E-state index in [-0.39, 0.29) is 5.91 Å². The average molecular weight is 290 g/mol. The standard InChI is InChI=1S/C14H14N2O3S/c1-19-14(18)13-11(7-9-20-13)16-12(17)6-5-10-4-2-3-8-15-10/h2-4,7-9H,5-6H2,1H3,(H,16,17). The van der Waals surface area contributed by atoms with Crippen LogP contribution in [0, 0.1) is 0 Å². The zero-order chi connectivity index (χ0) is 14.4. The van der Waals surface area contributed by atoms with Crippen LogP contribution in [0.25, 0.3) is 0 Å². The van der Waals surface area contributed by atoms with E-state index in [9.17, 15) is 9.59 Å². The van der Waals surface area contributed by atoms with Gasteiger partial charge in [0.25, 0.3) is 0 Å². The minimum absolute atomic E-state index is 0.154. The third kappa shape index (κ3) is 3.64. The van der Waals surface area contributed by atoms with Gasteiger partial charge in [-0.05, 0) is 30.0 Å². The highest BCUT2D eigenvalue weighted by Crippen LogP contribution is 2.23. The van der Waals surface area contributed by atoms with Gasteiger partial charge in [0.1, 0.15) is 4.88 Å². The molecule has 2 heterocycles. The normalized spacial score (nSPS) is 10.1. The first-order valence-electron chi connectivity index (χ1n) is 6.06. The van der Waals surface area contributed by atoms with Crippen LogP contribution in [0.3, 0.4) is 0 Å². The van der Waals surface area contributed by atoms with Crippen molar-refractivity contribution in [2.24, 2.45) is 0 Å². The van der Waals surface area contributed by atoms with Crippen LogP contribution in [0.15, 0.2) is 35.8 Å². The molecule has 0 bridgehead atoms. The van der Waals surface area contributed by atoms with Crippen molar-refractivity contribution in [2.45, 2.75) is 12.8 Å². The minimum Gasteiger partial charge on any atom is -0.465 e. The second-order valence-electron chi connectivity index (χ2n) is 4.02. The van der Waals surface area contributed by atoms with Crippen molar-refractivity contribution in [2.75, 3.05) is 12.4 Å². The molecule has 0 saturated heterocycles. The van der Waals surface area contributed by atoms with Gasteiger partial charge in [-0.2, -0.15) is 0 Å². The van der Waals surface area contributed by atoms with E-state index in [0.29, 0.717) is 23.4 Å². The fraction of sp³-hybridized carbons (Fsp3) is 0.214. The van der Waals surface area contributed by atoms with Crippen LogP contribution in [0.5, 0.6) is 0 Å². The van der Waals surface area contributed by atoms with E-state index in [0.717, 1.165) is 5.69 Å². The number of ether oxygens (including phenoxy) is 1. The van der Waals surface area contributed by atoms with Gasteiger partial charge in [-0.3, -0.25) is 9.78 Å². The Morgan fingerprint density at radius 1 is 1.35 bits per heavy atom. The van der Waals surface area contributed by atoms with Crippen molar-refractivity contribution in [1.82, 2.24) is 4.98 Å². The van der Waals surface area contributed by atoms with E-state index in [4.69, 9.17) is 0 Å². The predicted octanol–water partition coefficient (Wildman–Crippen LogP) is 2.50. The first kappa shape index (κ1) is 14.2. The Morgan fingerprint density at radius 2 is 2.20 bits per heavy atom. The third-order valence-corrected chi connectivity index (χ3v) is 3.54. The van der Waals surface area contributed by atoms with Gasteiger partial charge in [0.05, 0.1) is 12.8 Å². The molecular formula is C14H14N2O3S. The number of pyridine rings is 1. The van der Waals surface area contributed by atoms with Gasteiger partial charge in [0.15, 0.2) is 0 Å². The van der Waals surface area contributed by atoms with Crippen LogP contribution in [0.4, 0.5) is 5.69 Å². The van der Waals surface area contributed by atoms with Gasteiger partial charge >= 0.3 is 5.97 Å². The smallest absolute Gasteiger partial charge is 0.350 e. The number of esters is 1. The van der Waals surface area contributed by atoms with Crippen LogP contribution >= 0.6 is 11.3 Å². The number of aromatic nitrogens is 1. The molecule has 0 fully saturated rings. The summed E-state index contributed by atoms with van der Waals surface area (Å²) in [6.45, 7) is 0. The van der Waals surface area contributed by atoms with E-state index in [1.54, 1.807) is 17.6 Å². The van der Waals surface area contributed by atoms with E-state index in [1.165, 1.54) is 18.4 Å². The molecule has 0 spiro atoms. The third-order valence-electron chi connectivity index (χ3n) is 2.64. The highest BCUT2D eigenvalue weighted by molar-refractivity contribution is 7.12. The zero-order valence-corrected chi connectivity index (χ0v) is 11.8. The molecule has 0 aromatic carbocycles. The summed E-state index contributed by atoms with van der Waals surface area (Å²) in [6, 6.07) is 7.28. The number of methoxy groups -OCH3 is 1. The SMILES string of the molecule is COC(=O)c1sccc1NC(=O)CCc1ccccn1. The molecule has 20 heavy (non-hydrogen) atoms. The van der Waals surface area contributed by atoms with Gasteiger partial charge in [-0.1, -0.05) is 6.07 Å². The summed E-state index contributed by atoms with van der Waals surface area (Å²) in [7, 11) is 1.31. The molecule has 0 aliphatic carbocycles. The Labute approximate surface area is 120 Å². The molecule has 2 aromatic heterocycles. The fourth-order valence-corrected chi connectivity index (χ4v) is 2.42. The van der Waals surface area contributed by atoms with Crippen LogP contribution in [0.2, 0.25) is 0 Å². The van der Waals surface area contributed by atoms with Crippen molar-refractivity contribution in [3.8, 4) is 0 Å². The lowest BCUT2D eigenvalue weighted by Gasteiger charge is -2.05. The number of nitrogens with one attached hydrogen (secondary N) is 1. The molecule has 1 N–H and O–H groups in total. The highest BCUT2D eigenvalue weighted by atomic mass is 32.1. The Balaban J connectivity index is 1.92. The van der Waals surface area contributed by atoms with Gasteiger partial charge in [0, 0.05) is 18.3 Å². The lowest BCUT2D eigenvalue weighted by molar-refractivity contribution is -0.116. The van der Waals surface area contributed by atoms with Crippen molar-refractivity contribution in [1.29, 1.82) is 0 Å². The predicted molar refractivity (Wildman–Crippen MR) is 76.8 cm³/mol. The molecule has 2 aromatic rings. The quantitative estimate of drug-likeness (QED) is 0.859. The number of nitrogens with zero attached hydrogens (tertiary/aromatic N) is 1. The van der Waals surface area contributed by atoms with Gasteiger partial charge in [0.2, 0.25) is 5.91 Å². The first-order chi connectivity index (χ1) is 9.70. The van der Waals surface area contributed by atoms with E-state index in [2.05, 4.69) is 15.0 Å². The van der Waals surface area contributed by atoms with Crippen LogP contribution in [-0.4, -0.2) is 24.0 Å². The number of aryl methyl sites for hydroxylation is 1. The molecule has 6 heteroatoms. The summed E-state index contributed by atoms with van der Waals surface area (Å²) in [5.74, 6) is -0.598. The maximum absolute atomic E-state index is 11.9. The van der Waals surface area contributed by atoms with Crippen molar-refractivity contribution >= 4 is 28.9 Å². The Hall–Kier alpha value is -2.21. The molecule has 0 unspecified atom stereocenters. The number of amides is 1. The fourth-order valence-electron chi connectivity index (χ4n) is 1.66. The molecule has 0 saturated carbocycles. The Kier molecular flexibility index (Phi) is 4.84. The molecule has 1 amide bonds. The number of hydrogen-bond donors (Lipinski definition) is 1. The summed E-state index contributed by atoms with van der Waals surface area (Å²) in [4.78, 5) is 27.9. The van der Waals surface area contributed by atoms with Gasteiger partial charge in [-0.25, -0.2) is 4.79 Å². The number of hydrogen-bond acceptors (Lipinski definition) is 5. The Bertz CT molecular complexity index is 595. The van der Waals surface area contributed by atoms with Crippen LogP contribution in [0.1, 0.15) is 21.8 Å². The number of anilines is 1. The second kappa shape index (κ2) is 6.81. The van der Waals surface area contributed by atoms with Crippen LogP contribution in [-0.2, 0) is 16.0 Å². The Morgan fingerprint density at radius 3 is 2.90 bits per heavy atom. The number of thiophene rings is 1. The lowest BCUT2D eigenvalue weighted by atomic mass is 10.2. The van der Waals surface area contributed by atoms with Crippen molar-refractivity contribution in [3.05, 3.63) is 46.4 Å². The molecule has 0 aliphatic heterocycles. The summed E-state index contributed by atoms with van der Waals surface area (Å²) in [6.07, 6.45) is 2.57. The first-order valence-corrected chi connectivity index (χ1v) is 6.94. The molecule has 2 rings (SSSR count). The van der Waals surface area contributed by atoms with Crippen molar-refractivity contribution in [3.63, 3.8) is 0 Å². The lowest BCUT2D eigenvalue weighted by Crippen LogP contribution is -2.14. The molecule has 0 aliphatic rings. The van der Waals surface area contributed by atoms with E-state index >= 15 is 0 Å². The monoisotopic (exact) mass is 290 g/mol. The summed E-state index contributed by atoms with van der Waals surface area (Å²) < 4.78 is 4.66. The number of rotatable bonds is 5. The average Bonchev–Trinajstić information content (AvgIpc) is 2.93. The molecule has 104 valence electrons. The van der Waals surface area contributed by atoms with Crippen molar-refractivity contribution < 1.29 is 14.3 Å². The molecule has 0 radical (unpaired) electrons. The van der Waals surface area contributed by atoms with Gasteiger partial charge < -0.3 is 10.1 Å². The van der Waals surface area contributed by atoms with Gasteiger partial charge in [-0.15, -0.1) is 11.3 Å². The molecule has 5 nitrogen and oxygen atoms in total. The van der Waals surface area contributed by atoms with Crippen LogP contribution < -0.4 is 5.32 Å².